The first-order valence-electron chi connectivity index (χ1n) is 7.58. The van der Waals surface area contributed by atoms with Crippen LogP contribution in [0.25, 0.3) is 0 Å². The molecule has 1 heterocycles. The predicted octanol–water partition coefficient (Wildman–Crippen LogP) is 3.19. The lowest BCUT2D eigenvalue weighted by Crippen LogP contribution is -2.26. The van der Waals surface area contributed by atoms with Crippen LogP contribution in [0.1, 0.15) is 30.9 Å². The molecule has 1 aliphatic rings. The van der Waals surface area contributed by atoms with Gasteiger partial charge in [-0.2, -0.15) is 18.4 Å². The molecule has 1 unspecified atom stereocenters. The van der Waals surface area contributed by atoms with E-state index >= 15 is 0 Å². The first kappa shape index (κ1) is 20.1. The van der Waals surface area contributed by atoms with Gasteiger partial charge in [-0.3, -0.25) is 0 Å². The van der Waals surface area contributed by atoms with Gasteiger partial charge in [0, 0.05) is 5.56 Å². The molecule has 1 atom stereocenters. The van der Waals surface area contributed by atoms with Gasteiger partial charge in [0.05, 0.1) is 23.7 Å². The summed E-state index contributed by atoms with van der Waals surface area (Å²) >= 11 is 0. The summed E-state index contributed by atoms with van der Waals surface area (Å²) in [6, 6.07) is 2.85. The van der Waals surface area contributed by atoms with Crippen LogP contribution >= 0.6 is 0 Å². The second kappa shape index (κ2) is 7.19. The number of esters is 1. The molecule has 2 rings (SSSR count). The van der Waals surface area contributed by atoms with E-state index in [1.165, 1.54) is 13.8 Å². The Morgan fingerprint density at radius 1 is 1.44 bits per heavy atom. The van der Waals surface area contributed by atoms with Crippen LogP contribution < -0.4 is 5.73 Å². The highest BCUT2D eigenvalue weighted by atomic mass is 19.4. The molecule has 1 aliphatic heterocycles. The molecule has 0 saturated carbocycles. The molecule has 0 saturated heterocycles. The lowest BCUT2D eigenvalue weighted by molar-refractivity contribution is -0.140. The van der Waals surface area contributed by atoms with Crippen molar-refractivity contribution in [3.05, 3.63) is 51.9 Å². The Labute approximate surface area is 151 Å². The van der Waals surface area contributed by atoms with E-state index in [9.17, 15) is 32.7 Å². The standard InChI is InChI=1S/C17H14F4N2O4/c1-3-26-16(25)11-7(2)27-15(23)9(6-22)12(11)8-4-5-10(17(19,20)21)13(18)14(8)24/h4-5,12,24H,3,23H2,1-2H3. The minimum atomic E-state index is -5.04. The van der Waals surface area contributed by atoms with Crippen molar-refractivity contribution in [3.63, 3.8) is 0 Å². The van der Waals surface area contributed by atoms with Gasteiger partial charge in [0.2, 0.25) is 5.88 Å². The van der Waals surface area contributed by atoms with E-state index in [4.69, 9.17) is 15.2 Å². The number of alkyl halides is 3. The minimum absolute atomic E-state index is 0.0449. The van der Waals surface area contributed by atoms with E-state index in [0.717, 1.165) is 6.07 Å². The fourth-order valence-corrected chi connectivity index (χ4v) is 2.70. The summed E-state index contributed by atoms with van der Waals surface area (Å²) in [5, 5.41) is 19.4. The van der Waals surface area contributed by atoms with Gasteiger partial charge in [0.15, 0.2) is 11.6 Å². The van der Waals surface area contributed by atoms with Crippen molar-refractivity contribution < 1.29 is 36.9 Å². The minimum Gasteiger partial charge on any atom is -0.505 e. The van der Waals surface area contributed by atoms with Crippen molar-refractivity contribution >= 4 is 5.97 Å². The number of rotatable bonds is 3. The van der Waals surface area contributed by atoms with Crippen LogP contribution in [-0.4, -0.2) is 17.7 Å². The first-order valence-corrected chi connectivity index (χ1v) is 7.58. The molecule has 6 nitrogen and oxygen atoms in total. The topological polar surface area (TPSA) is 106 Å². The Balaban J connectivity index is 2.74. The Morgan fingerprint density at radius 3 is 2.59 bits per heavy atom. The van der Waals surface area contributed by atoms with Gasteiger partial charge in [-0.25, -0.2) is 9.18 Å². The number of carbonyl (C=O) groups excluding carboxylic acids is 1. The van der Waals surface area contributed by atoms with Crippen molar-refractivity contribution in [1.82, 2.24) is 0 Å². The molecule has 10 heteroatoms. The number of phenols is 1. The van der Waals surface area contributed by atoms with E-state index in [-0.39, 0.29) is 23.5 Å². The van der Waals surface area contributed by atoms with Crippen LogP contribution in [-0.2, 0) is 20.4 Å². The van der Waals surface area contributed by atoms with Gasteiger partial charge in [0.25, 0.3) is 0 Å². The molecule has 0 spiro atoms. The second-order valence-corrected chi connectivity index (χ2v) is 5.48. The number of carbonyl (C=O) groups is 1. The second-order valence-electron chi connectivity index (χ2n) is 5.48. The summed E-state index contributed by atoms with van der Waals surface area (Å²) in [6.45, 7) is 2.78. The summed E-state index contributed by atoms with van der Waals surface area (Å²) in [5.41, 5.74) is 2.82. The Kier molecular flexibility index (Phi) is 5.35. The molecule has 3 N–H and O–H groups in total. The molecular formula is C17H14F4N2O4. The van der Waals surface area contributed by atoms with Crippen LogP contribution in [0.5, 0.6) is 5.75 Å². The molecular weight excluding hydrogens is 372 g/mol. The summed E-state index contributed by atoms with van der Waals surface area (Å²) in [6.07, 6.45) is -5.04. The first-order chi connectivity index (χ1) is 12.5. The number of hydrogen-bond donors (Lipinski definition) is 2. The summed E-state index contributed by atoms with van der Waals surface area (Å²) < 4.78 is 62.7. The lowest BCUT2D eigenvalue weighted by atomic mass is 9.82. The molecule has 144 valence electrons. The average molecular weight is 386 g/mol. The molecule has 1 aromatic rings. The zero-order valence-electron chi connectivity index (χ0n) is 14.1. The van der Waals surface area contributed by atoms with Crippen molar-refractivity contribution in [2.24, 2.45) is 5.73 Å². The summed E-state index contributed by atoms with van der Waals surface area (Å²) in [4.78, 5) is 12.3. The van der Waals surface area contributed by atoms with Gasteiger partial charge < -0.3 is 20.3 Å². The fourth-order valence-electron chi connectivity index (χ4n) is 2.70. The number of allylic oxidation sites excluding steroid dienone is 2. The van der Waals surface area contributed by atoms with E-state index < -0.39 is 46.6 Å². The van der Waals surface area contributed by atoms with Crippen LogP contribution in [0.2, 0.25) is 0 Å². The highest BCUT2D eigenvalue weighted by Gasteiger charge is 2.41. The molecule has 0 aliphatic carbocycles. The smallest absolute Gasteiger partial charge is 0.419 e. The molecule has 27 heavy (non-hydrogen) atoms. The lowest BCUT2D eigenvalue weighted by Gasteiger charge is -2.27. The number of nitrogens with zero attached hydrogens (tertiary/aromatic N) is 1. The van der Waals surface area contributed by atoms with Crippen molar-refractivity contribution in [2.75, 3.05) is 6.61 Å². The third kappa shape index (κ3) is 3.53. The Hall–Kier alpha value is -3.22. The number of nitrogens with two attached hydrogens (primary N) is 1. The van der Waals surface area contributed by atoms with E-state index in [1.54, 1.807) is 6.07 Å². The SMILES string of the molecule is CCOC(=O)C1=C(C)OC(N)=C(C#N)C1c1ccc(C(F)(F)F)c(F)c1O. The van der Waals surface area contributed by atoms with Gasteiger partial charge in [0.1, 0.15) is 17.4 Å². The quantitative estimate of drug-likeness (QED) is 0.611. The van der Waals surface area contributed by atoms with Crippen LogP contribution in [0.3, 0.4) is 0 Å². The molecule has 0 aromatic heterocycles. The van der Waals surface area contributed by atoms with Crippen molar-refractivity contribution in [1.29, 1.82) is 5.26 Å². The maximum absolute atomic E-state index is 14.2. The molecule has 0 amide bonds. The summed E-state index contributed by atoms with van der Waals surface area (Å²) in [5.74, 6) is -6.20. The number of ether oxygens (including phenoxy) is 2. The highest BCUT2D eigenvalue weighted by molar-refractivity contribution is 5.92. The molecule has 0 fully saturated rings. The predicted molar refractivity (Wildman–Crippen MR) is 83.1 cm³/mol. The largest absolute Gasteiger partial charge is 0.505 e. The van der Waals surface area contributed by atoms with E-state index in [2.05, 4.69) is 0 Å². The van der Waals surface area contributed by atoms with Crippen molar-refractivity contribution in [3.8, 4) is 11.8 Å². The number of aromatic hydroxyl groups is 1. The van der Waals surface area contributed by atoms with Gasteiger partial charge >= 0.3 is 12.1 Å². The number of benzene rings is 1. The highest BCUT2D eigenvalue weighted by Crippen LogP contribution is 2.45. The fraction of sp³-hybridized carbons (Fsp3) is 0.294. The normalized spacial score (nSPS) is 17.4. The van der Waals surface area contributed by atoms with Crippen LogP contribution in [0, 0.1) is 17.1 Å². The zero-order chi connectivity index (χ0) is 20.5. The average Bonchev–Trinajstić information content (AvgIpc) is 2.55. The molecule has 0 radical (unpaired) electrons. The van der Waals surface area contributed by atoms with Gasteiger partial charge in [-0.1, -0.05) is 6.07 Å². The van der Waals surface area contributed by atoms with Gasteiger partial charge in [-0.15, -0.1) is 0 Å². The third-order valence-corrected chi connectivity index (χ3v) is 3.86. The number of phenolic OH excluding ortho intramolecular Hbond substituents is 1. The van der Waals surface area contributed by atoms with E-state index in [0.29, 0.717) is 6.07 Å². The van der Waals surface area contributed by atoms with Crippen molar-refractivity contribution in [2.45, 2.75) is 25.9 Å². The van der Waals surface area contributed by atoms with Gasteiger partial charge in [-0.05, 0) is 19.9 Å². The summed E-state index contributed by atoms with van der Waals surface area (Å²) in [7, 11) is 0. The maximum atomic E-state index is 14.2. The zero-order valence-corrected chi connectivity index (χ0v) is 14.1. The number of nitriles is 1. The molecule has 0 bridgehead atoms. The molecule has 1 aromatic carbocycles. The Bertz CT molecular complexity index is 897. The van der Waals surface area contributed by atoms with E-state index in [1.807, 2.05) is 0 Å². The number of hydrogen-bond acceptors (Lipinski definition) is 6. The number of halogens is 4. The maximum Gasteiger partial charge on any atom is 0.419 e. The monoisotopic (exact) mass is 386 g/mol. The van der Waals surface area contributed by atoms with Crippen LogP contribution in [0.15, 0.2) is 34.9 Å². The van der Waals surface area contributed by atoms with Crippen LogP contribution in [0.4, 0.5) is 17.6 Å². The Morgan fingerprint density at radius 2 is 2.07 bits per heavy atom. The third-order valence-electron chi connectivity index (χ3n) is 3.86.